The molecule has 6 atom stereocenters. The van der Waals surface area contributed by atoms with E-state index in [1.165, 1.54) is 12.2 Å². The number of nitrogens with zero attached hydrogens (tertiary/aromatic N) is 1. The molecule has 1 saturated carbocycles. The van der Waals surface area contributed by atoms with Crippen LogP contribution in [0.25, 0.3) is 0 Å². The Hall–Kier alpha value is -4.26. The molecule has 1 amide bonds. The van der Waals surface area contributed by atoms with Crippen LogP contribution in [0.3, 0.4) is 0 Å². The van der Waals surface area contributed by atoms with Crippen LogP contribution < -0.4 is 5.32 Å². The summed E-state index contributed by atoms with van der Waals surface area (Å²) in [5.74, 6) is -6.97. The van der Waals surface area contributed by atoms with Gasteiger partial charge in [0.05, 0.1) is 6.04 Å². The fourth-order valence-corrected chi connectivity index (χ4v) is 7.61. The Labute approximate surface area is 267 Å². The van der Waals surface area contributed by atoms with Gasteiger partial charge >= 0.3 is 29.8 Å². The number of hydrogen-bond acceptors (Lipinski definition) is 8. The van der Waals surface area contributed by atoms with Gasteiger partial charge < -0.3 is 30.1 Å². The molecule has 6 unspecified atom stereocenters. The molecule has 2 aliphatic carbocycles. The van der Waals surface area contributed by atoms with Crippen molar-refractivity contribution < 1.29 is 53.9 Å². The molecule has 1 heterocycles. The van der Waals surface area contributed by atoms with Crippen LogP contribution >= 0.6 is 0 Å². The van der Waals surface area contributed by atoms with Gasteiger partial charge in [0.25, 0.3) is 5.91 Å². The van der Waals surface area contributed by atoms with Crippen LogP contribution in [-0.2, 0) is 33.5 Å². The summed E-state index contributed by atoms with van der Waals surface area (Å²) in [6.07, 6.45) is 8.96. The van der Waals surface area contributed by atoms with Crippen molar-refractivity contribution in [1.82, 2.24) is 10.2 Å². The Morgan fingerprint density at radius 2 is 1.57 bits per heavy atom. The van der Waals surface area contributed by atoms with Crippen LogP contribution in [0, 0.1) is 16.7 Å². The number of allylic oxidation sites excluding steroid dienone is 5. The molecule has 252 valence electrons. The number of carbonyl (C=O) groups excluding carboxylic acids is 2. The first-order valence-electron chi connectivity index (χ1n) is 15.4. The van der Waals surface area contributed by atoms with Crippen molar-refractivity contribution in [3.63, 3.8) is 0 Å². The smallest absolute Gasteiger partial charge is 0.331 e. The number of carboxylic acids is 4. The van der Waals surface area contributed by atoms with E-state index in [1.807, 2.05) is 33.8 Å². The average Bonchev–Trinajstić information content (AvgIpc) is 3.28. The van der Waals surface area contributed by atoms with E-state index in [9.17, 15) is 49.2 Å². The Morgan fingerprint density at radius 1 is 0.935 bits per heavy atom. The average molecular weight is 645 g/mol. The zero-order valence-corrected chi connectivity index (χ0v) is 26.6. The second-order valence-corrected chi connectivity index (χ2v) is 13.0. The predicted molar refractivity (Wildman–Crippen MR) is 164 cm³/mol. The maximum absolute atomic E-state index is 14.2. The number of carbonyl (C=O) groups is 6. The van der Waals surface area contributed by atoms with E-state index in [0.29, 0.717) is 24.0 Å². The van der Waals surface area contributed by atoms with Crippen molar-refractivity contribution in [1.29, 1.82) is 0 Å². The van der Waals surface area contributed by atoms with Gasteiger partial charge in [-0.05, 0) is 43.6 Å². The maximum Gasteiger partial charge on any atom is 0.331 e. The molecule has 0 radical (unpaired) electrons. The second-order valence-electron chi connectivity index (χ2n) is 13.0. The molecule has 1 fully saturated rings. The lowest BCUT2D eigenvalue weighted by molar-refractivity contribution is -0.161. The lowest BCUT2D eigenvalue weighted by atomic mass is 9.48. The number of hydrogen-bond donors (Lipinski definition) is 5. The van der Waals surface area contributed by atoms with Crippen molar-refractivity contribution in [2.75, 3.05) is 6.54 Å². The molecule has 0 spiro atoms. The van der Waals surface area contributed by atoms with E-state index in [4.69, 9.17) is 4.74 Å². The number of ether oxygens (including phenoxy) is 1. The van der Waals surface area contributed by atoms with E-state index < -0.39 is 89.6 Å². The number of aliphatic carboxylic acids is 4. The van der Waals surface area contributed by atoms with Crippen LogP contribution in [0.15, 0.2) is 47.6 Å². The fraction of sp³-hybridized carbons (Fsp3) is 0.576. The monoisotopic (exact) mass is 644 g/mol. The number of esters is 1. The van der Waals surface area contributed by atoms with Crippen molar-refractivity contribution in [2.24, 2.45) is 16.7 Å². The number of amides is 1. The molecule has 46 heavy (non-hydrogen) atoms. The number of nitrogens with one attached hydrogen (secondary N) is 1. The Balaban J connectivity index is 2.19. The van der Waals surface area contributed by atoms with Crippen molar-refractivity contribution in [2.45, 2.75) is 96.9 Å². The van der Waals surface area contributed by atoms with Crippen LogP contribution in [0.4, 0.5) is 0 Å². The SMILES string of the molecule is CC=CC=CC=CC(=O)OC1C(NC(CCC(=O)O)C(=O)O)C2=C(C(=O)N(C(CCC(=O)O)C(=O)O)C2)C2(C)CCCC(C)(C)C12. The maximum atomic E-state index is 14.2. The zero-order chi connectivity index (χ0) is 34.4. The van der Waals surface area contributed by atoms with E-state index >= 15 is 0 Å². The Kier molecular flexibility index (Phi) is 11.7. The van der Waals surface area contributed by atoms with Gasteiger partial charge in [-0.1, -0.05) is 57.6 Å². The first-order valence-corrected chi connectivity index (χ1v) is 15.4. The summed E-state index contributed by atoms with van der Waals surface area (Å²) in [7, 11) is 0. The Morgan fingerprint density at radius 3 is 2.15 bits per heavy atom. The quantitative estimate of drug-likeness (QED) is 0.0990. The molecule has 3 rings (SSSR count). The summed E-state index contributed by atoms with van der Waals surface area (Å²) >= 11 is 0. The van der Waals surface area contributed by atoms with Gasteiger partial charge in [0.15, 0.2) is 0 Å². The largest absolute Gasteiger partial charge is 0.481 e. The van der Waals surface area contributed by atoms with Crippen LogP contribution in [-0.4, -0.2) is 91.9 Å². The first kappa shape index (κ1) is 36.2. The van der Waals surface area contributed by atoms with E-state index in [2.05, 4.69) is 5.32 Å². The summed E-state index contributed by atoms with van der Waals surface area (Å²) in [6.45, 7) is 7.43. The van der Waals surface area contributed by atoms with Crippen molar-refractivity contribution in [3.8, 4) is 0 Å². The lowest BCUT2D eigenvalue weighted by Gasteiger charge is -2.58. The van der Waals surface area contributed by atoms with Gasteiger partial charge in [0, 0.05) is 42.4 Å². The van der Waals surface area contributed by atoms with Crippen molar-refractivity contribution in [3.05, 3.63) is 47.6 Å². The second kappa shape index (κ2) is 14.9. The van der Waals surface area contributed by atoms with Gasteiger partial charge in [-0.2, -0.15) is 0 Å². The zero-order valence-electron chi connectivity index (χ0n) is 26.6. The minimum Gasteiger partial charge on any atom is -0.481 e. The number of fused-ring (bicyclic) bond motifs is 2. The molecule has 0 bridgehead atoms. The molecule has 3 aliphatic rings. The van der Waals surface area contributed by atoms with E-state index in [-0.39, 0.29) is 19.4 Å². The highest BCUT2D eigenvalue weighted by atomic mass is 16.5. The highest BCUT2D eigenvalue weighted by molar-refractivity contribution is 6.01. The molecule has 5 N–H and O–H groups in total. The van der Waals surface area contributed by atoms with Crippen LogP contribution in [0.1, 0.15) is 72.6 Å². The molecule has 0 aromatic carbocycles. The van der Waals surface area contributed by atoms with Gasteiger partial charge in [-0.3, -0.25) is 24.5 Å². The van der Waals surface area contributed by atoms with Gasteiger partial charge in [-0.25, -0.2) is 9.59 Å². The Bertz CT molecular complexity index is 1360. The van der Waals surface area contributed by atoms with Crippen LogP contribution in [0.2, 0.25) is 0 Å². The standard InChI is InChI=1S/C33H44N2O11/c1-5-6-7-8-9-11-24(40)46-27-26(34-20(30(42)43)12-14-22(36)37)19-18-35(21(31(44)45)13-15-23(38)39)29(41)25(19)33(4)17-10-16-32(2,3)28(27)33/h5-9,11,20-21,26-28,34H,10,12-18H2,1-4H3,(H,36,37)(H,38,39)(H,42,43)(H,44,45). The first-order chi connectivity index (χ1) is 21.5. The molecule has 13 nitrogen and oxygen atoms in total. The van der Waals surface area contributed by atoms with Gasteiger partial charge in [-0.15, -0.1) is 0 Å². The minimum absolute atomic E-state index is 0.258. The summed E-state index contributed by atoms with van der Waals surface area (Å²) in [6, 6.07) is -3.96. The third-order valence-corrected chi connectivity index (χ3v) is 9.41. The topological polar surface area (TPSA) is 208 Å². The minimum atomic E-state index is -1.47. The fourth-order valence-electron chi connectivity index (χ4n) is 7.61. The molecular formula is C33H44N2O11. The third kappa shape index (κ3) is 7.93. The summed E-state index contributed by atoms with van der Waals surface area (Å²) < 4.78 is 6.15. The number of rotatable bonds is 15. The molecule has 1 aliphatic heterocycles. The highest BCUT2D eigenvalue weighted by Crippen LogP contribution is 2.61. The molecule has 0 saturated heterocycles. The molecule has 0 aromatic rings. The lowest BCUT2D eigenvalue weighted by Crippen LogP contribution is -2.63. The highest BCUT2D eigenvalue weighted by Gasteiger charge is 2.63. The molecule has 13 heteroatoms. The van der Waals surface area contributed by atoms with E-state index in [0.717, 1.165) is 11.3 Å². The van der Waals surface area contributed by atoms with Gasteiger partial charge in [0.2, 0.25) is 0 Å². The van der Waals surface area contributed by atoms with Crippen LogP contribution in [0.5, 0.6) is 0 Å². The van der Waals surface area contributed by atoms with E-state index in [1.54, 1.807) is 18.2 Å². The number of carboxylic acid groups (broad SMARTS) is 4. The molecular weight excluding hydrogens is 600 g/mol. The molecule has 0 aromatic heterocycles. The predicted octanol–water partition coefficient (Wildman–Crippen LogP) is 3.17. The summed E-state index contributed by atoms with van der Waals surface area (Å²) in [5.41, 5.74) is -0.769. The summed E-state index contributed by atoms with van der Waals surface area (Å²) in [4.78, 5) is 76.0. The normalized spacial score (nSPS) is 27.1. The van der Waals surface area contributed by atoms with Crippen molar-refractivity contribution >= 4 is 35.8 Å². The van der Waals surface area contributed by atoms with Gasteiger partial charge in [0.1, 0.15) is 18.2 Å². The third-order valence-electron chi connectivity index (χ3n) is 9.41. The summed E-state index contributed by atoms with van der Waals surface area (Å²) in [5, 5.41) is 41.6.